The lowest BCUT2D eigenvalue weighted by molar-refractivity contribution is 0.0764. The highest BCUT2D eigenvalue weighted by atomic mass is 16.2. The van der Waals surface area contributed by atoms with E-state index in [0.29, 0.717) is 164 Å². The van der Waals surface area contributed by atoms with Crippen molar-refractivity contribution < 1.29 is 19.2 Å². The van der Waals surface area contributed by atoms with Gasteiger partial charge in [-0.3, -0.25) is 39.1 Å². The molecule has 386 valence electrons. The summed E-state index contributed by atoms with van der Waals surface area (Å²) in [7, 11) is 0. The molecule has 16 nitrogen and oxygen atoms in total. The third-order valence-electron chi connectivity index (χ3n) is 14.0. The number of fused-ring (bicyclic) bond motifs is 8. The van der Waals surface area contributed by atoms with Gasteiger partial charge in [0.15, 0.2) is 0 Å². The average molecular weight is 1020 g/mol. The van der Waals surface area contributed by atoms with Gasteiger partial charge in [-0.1, -0.05) is 0 Å². The number of H-pyrrole nitrogens is 2. The lowest BCUT2D eigenvalue weighted by atomic mass is 10.1. The molecule has 2 aliphatic rings. The minimum Gasteiger partial charge on any atom is -0.354 e. The Morgan fingerprint density at radius 1 is 0.329 bits per heavy atom. The first kappa shape index (κ1) is 52.0. The highest BCUT2D eigenvalue weighted by Crippen LogP contribution is 2.37. The Labute approximate surface area is 442 Å². The molecular weight excluding hydrogens is 953 g/mol. The fourth-order valence-corrected chi connectivity index (χ4v) is 9.73. The van der Waals surface area contributed by atoms with Gasteiger partial charge in [-0.05, 0) is 152 Å². The van der Waals surface area contributed by atoms with Crippen LogP contribution in [0.3, 0.4) is 0 Å². The van der Waals surface area contributed by atoms with Crippen LogP contribution < -0.4 is 0 Å². The molecule has 7 aromatic rings. The van der Waals surface area contributed by atoms with E-state index < -0.39 is 0 Å². The van der Waals surface area contributed by atoms with Crippen LogP contribution in [-0.2, 0) is 0 Å². The van der Waals surface area contributed by atoms with E-state index in [1.165, 1.54) is 0 Å². The summed E-state index contributed by atoms with van der Waals surface area (Å²) in [4.78, 5) is 98.8. The van der Waals surface area contributed by atoms with Crippen LogP contribution in [0, 0.1) is 0 Å². The third kappa shape index (κ3) is 10.0. The lowest BCUT2D eigenvalue weighted by Crippen LogP contribution is -2.30. The van der Waals surface area contributed by atoms with Crippen molar-refractivity contribution in [3.63, 3.8) is 0 Å². The largest absolute Gasteiger partial charge is 0.354 e. The van der Waals surface area contributed by atoms with Crippen LogP contribution in [0.5, 0.6) is 0 Å². The van der Waals surface area contributed by atoms with Crippen molar-refractivity contribution in [1.29, 1.82) is 0 Å². The molecular formula is C60H62N12O4. The van der Waals surface area contributed by atoms with Crippen molar-refractivity contribution in [1.82, 2.24) is 59.5 Å². The van der Waals surface area contributed by atoms with Gasteiger partial charge in [0.2, 0.25) is 0 Å². The van der Waals surface area contributed by atoms with Crippen LogP contribution in [-0.4, -0.2) is 135 Å². The average Bonchev–Trinajstić information content (AvgIpc) is 4.32. The van der Waals surface area contributed by atoms with Gasteiger partial charge in [0.25, 0.3) is 23.6 Å². The number of amides is 4. The fraction of sp³-hybridized carbons (Fsp3) is 0.267. The summed E-state index contributed by atoms with van der Waals surface area (Å²) >= 11 is 0. The number of nitrogens with one attached hydrogen (secondary N) is 2. The number of aromatic nitrogens is 8. The van der Waals surface area contributed by atoms with E-state index in [0.717, 1.165) is 0 Å². The smallest absolute Gasteiger partial charge is 0.255 e. The summed E-state index contributed by atoms with van der Waals surface area (Å²) in [6, 6.07) is 22.4. The number of carbonyl (C=O) groups excluding carboxylic acids is 4. The van der Waals surface area contributed by atoms with Crippen LogP contribution in [0.15, 0.2) is 97.6 Å². The van der Waals surface area contributed by atoms with Crippen LogP contribution in [0.1, 0.15) is 120 Å². The molecule has 2 N–H and O–H groups in total. The summed E-state index contributed by atoms with van der Waals surface area (Å²) in [6.45, 7) is 20.1. The predicted octanol–water partition coefficient (Wildman–Crippen LogP) is 10.8. The summed E-state index contributed by atoms with van der Waals surface area (Å²) in [5, 5.41) is 0. The standard InChI is InChI=1S/C60H62N12O4/c1-9-69(10-2)57(73)37-17-21-41(61-33-37)53-45-25-27-47(65-45)54(42-22-18-38(34-62-42)58(74)70(11-3)12-4)49-29-31-51(67-49)56(44-24-20-40(36-64-44)60(76)72(15-7)16-8)52-32-30-50(68-52)55(48-28-26-46(53)66-48)43-23-19-39(35-63-43)59(75)71(13-5)14-6/h17-36,65,68H,9-16H2,1-8H3. The van der Waals surface area contributed by atoms with E-state index in [1.807, 2.05) is 128 Å². The van der Waals surface area contributed by atoms with Gasteiger partial charge in [0.1, 0.15) is 0 Å². The molecule has 0 spiro atoms. The number of pyridine rings is 4. The molecule has 9 heterocycles. The first-order chi connectivity index (χ1) is 37.0. The third-order valence-corrected chi connectivity index (χ3v) is 14.0. The molecule has 0 aliphatic carbocycles. The van der Waals surface area contributed by atoms with Gasteiger partial charge in [0.05, 0.1) is 89.9 Å². The fourth-order valence-electron chi connectivity index (χ4n) is 9.73. The zero-order chi connectivity index (χ0) is 53.6. The lowest BCUT2D eigenvalue weighted by Gasteiger charge is -2.18. The van der Waals surface area contributed by atoms with Crippen LogP contribution in [0.2, 0.25) is 0 Å². The van der Waals surface area contributed by atoms with Crippen LogP contribution >= 0.6 is 0 Å². The molecule has 76 heavy (non-hydrogen) atoms. The number of hydrogen-bond donors (Lipinski definition) is 2. The minimum atomic E-state index is -0.110. The summed E-state index contributed by atoms with van der Waals surface area (Å²) in [6.07, 6.45) is 14.2. The Bertz CT molecular complexity index is 3080. The van der Waals surface area contributed by atoms with Crippen LogP contribution in [0.4, 0.5) is 0 Å². The maximum Gasteiger partial charge on any atom is 0.255 e. The minimum absolute atomic E-state index is 0.110. The normalized spacial score (nSPS) is 11.7. The molecule has 4 amide bonds. The molecule has 16 heteroatoms. The number of hydrogen-bond acceptors (Lipinski definition) is 10. The van der Waals surface area contributed by atoms with Gasteiger partial charge >= 0.3 is 0 Å². The molecule has 0 saturated carbocycles. The second-order valence-electron chi connectivity index (χ2n) is 18.1. The Morgan fingerprint density at radius 2 is 0.539 bits per heavy atom. The maximum absolute atomic E-state index is 13.5. The summed E-state index contributed by atoms with van der Waals surface area (Å²) in [5.74, 6) is -0.439. The molecule has 0 atom stereocenters. The Morgan fingerprint density at radius 3 is 0.711 bits per heavy atom. The van der Waals surface area contributed by atoms with Crippen molar-refractivity contribution in [2.24, 2.45) is 0 Å². The highest BCUT2D eigenvalue weighted by Gasteiger charge is 2.23. The number of aromatic amines is 2. The second-order valence-corrected chi connectivity index (χ2v) is 18.1. The molecule has 7 aromatic heterocycles. The molecule has 8 bridgehead atoms. The summed E-state index contributed by atoms with van der Waals surface area (Å²) < 4.78 is 0. The van der Waals surface area contributed by atoms with E-state index in [9.17, 15) is 19.2 Å². The van der Waals surface area contributed by atoms with Crippen molar-refractivity contribution >= 4 is 70.0 Å². The number of rotatable bonds is 16. The van der Waals surface area contributed by atoms with Crippen molar-refractivity contribution in [2.75, 3.05) is 52.4 Å². The Balaban J connectivity index is 1.36. The van der Waals surface area contributed by atoms with Gasteiger partial charge in [-0.25, -0.2) is 9.97 Å². The quantitative estimate of drug-likeness (QED) is 0.0942. The molecule has 0 aromatic carbocycles. The second kappa shape index (κ2) is 22.7. The van der Waals surface area contributed by atoms with Crippen molar-refractivity contribution in [2.45, 2.75) is 55.4 Å². The molecule has 0 fully saturated rings. The number of nitrogens with zero attached hydrogens (tertiary/aromatic N) is 10. The van der Waals surface area contributed by atoms with Gasteiger partial charge in [-0.15, -0.1) is 0 Å². The van der Waals surface area contributed by atoms with Crippen molar-refractivity contribution in [3.8, 4) is 45.0 Å². The molecule has 2 aliphatic heterocycles. The maximum atomic E-state index is 13.5. The van der Waals surface area contributed by atoms with E-state index in [-0.39, 0.29) is 23.6 Å². The molecule has 0 unspecified atom stereocenters. The zero-order valence-electron chi connectivity index (χ0n) is 44.3. The van der Waals surface area contributed by atoms with E-state index in [4.69, 9.17) is 29.9 Å². The highest BCUT2D eigenvalue weighted by molar-refractivity contribution is 6.01. The number of carbonyl (C=O) groups is 4. The zero-order valence-corrected chi connectivity index (χ0v) is 44.3. The van der Waals surface area contributed by atoms with Gasteiger partial charge in [0, 0.05) is 99.4 Å². The molecule has 9 rings (SSSR count). The van der Waals surface area contributed by atoms with Gasteiger partial charge in [-0.2, -0.15) is 0 Å². The predicted molar refractivity (Wildman–Crippen MR) is 301 cm³/mol. The van der Waals surface area contributed by atoms with Crippen molar-refractivity contribution in [3.05, 3.63) is 143 Å². The van der Waals surface area contributed by atoms with E-state index in [1.54, 1.807) is 68.7 Å². The SMILES string of the molecule is CCN(CC)C(=O)c1ccc(-c2c3nc(c(-c4ccc(C(=O)N(CC)CC)cn4)c4ccc([nH]4)c(-c4ccc(C(=O)N(CC)CC)cn4)c4nc(c(-c5ccc(C(=O)N(CC)CC)cn5)c5ccc2[nH]5)C=C4)C=C3)nc1. The summed E-state index contributed by atoms with van der Waals surface area (Å²) in [5.41, 5.74) is 11.9. The monoisotopic (exact) mass is 1010 g/mol. The first-order valence-electron chi connectivity index (χ1n) is 26.2. The Hall–Kier alpha value is -8.92. The Kier molecular flexibility index (Phi) is 15.5. The molecule has 0 saturated heterocycles. The van der Waals surface area contributed by atoms with E-state index in [2.05, 4.69) is 9.97 Å². The van der Waals surface area contributed by atoms with Crippen LogP contribution in [0.25, 0.3) is 91.4 Å². The first-order valence-corrected chi connectivity index (χ1v) is 26.2. The topological polar surface area (TPSA) is 190 Å². The van der Waals surface area contributed by atoms with E-state index >= 15 is 0 Å². The molecule has 0 radical (unpaired) electrons. The van der Waals surface area contributed by atoms with Gasteiger partial charge < -0.3 is 29.6 Å².